The van der Waals surface area contributed by atoms with Crippen LogP contribution in [0.4, 0.5) is 11.4 Å². The van der Waals surface area contributed by atoms with Crippen molar-refractivity contribution in [1.82, 2.24) is 4.90 Å². The molecule has 1 aromatic rings. The number of allylic oxidation sites excluding steroid dienone is 2. The Bertz CT molecular complexity index is 803. The summed E-state index contributed by atoms with van der Waals surface area (Å²) in [4.78, 5) is 36.0. The summed E-state index contributed by atoms with van der Waals surface area (Å²) in [5, 5.41) is 14.7. The first-order chi connectivity index (χ1) is 11.3. The van der Waals surface area contributed by atoms with Crippen LogP contribution in [0.2, 0.25) is 0 Å². The van der Waals surface area contributed by atoms with Crippen LogP contribution in [0.25, 0.3) is 0 Å². The van der Waals surface area contributed by atoms with Gasteiger partial charge in [-0.1, -0.05) is 18.6 Å². The highest BCUT2D eigenvalue weighted by atomic mass is 16.3. The Morgan fingerprint density at radius 3 is 2.50 bits per heavy atom. The van der Waals surface area contributed by atoms with Gasteiger partial charge in [-0.15, -0.1) is 6.42 Å². The van der Waals surface area contributed by atoms with Crippen LogP contribution in [-0.2, 0) is 4.79 Å². The minimum absolute atomic E-state index is 0.0483. The van der Waals surface area contributed by atoms with Crippen molar-refractivity contribution >= 4 is 17.3 Å². The molecule has 126 valence electrons. The van der Waals surface area contributed by atoms with Crippen molar-refractivity contribution in [2.24, 2.45) is 0 Å². The molecule has 1 amide bonds. The summed E-state index contributed by atoms with van der Waals surface area (Å²) in [6.07, 6.45) is 9.54. The van der Waals surface area contributed by atoms with E-state index in [1.54, 1.807) is 14.1 Å². The second kappa shape index (κ2) is 8.50. The van der Waals surface area contributed by atoms with E-state index in [2.05, 4.69) is 23.1 Å². The van der Waals surface area contributed by atoms with Crippen molar-refractivity contribution in [2.45, 2.75) is 0 Å². The van der Waals surface area contributed by atoms with Gasteiger partial charge in [0.25, 0.3) is 16.8 Å². The molecule has 0 aromatic heterocycles. The molecule has 1 aromatic carbocycles. The van der Waals surface area contributed by atoms with Crippen LogP contribution in [0.3, 0.4) is 0 Å². The summed E-state index contributed by atoms with van der Waals surface area (Å²) in [5.74, 6) is 2.05. The maximum atomic E-state index is 11.6. The lowest BCUT2D eigenvalue weighted by atomic mass is 10.1. The summed E-state index contributed by atoms with van der Waals surface area (Å²) in [6, 6.07) is 0. The number of carbonyl (C=O) groups excluding carboxylic acids is 1. The van der Waals surface area contributed by atoms with Gasteiger partial charge in [-0.25, -0.2) is 0 Å². The van der Waals surface area contributed by atoms with Crippen LogP contribution in [-0.4, -0.2) is 43.2 Å². The highest BCUT2D eigenvalue weighted by Gasteiger charge is 2.20. The van der Waals surface area contributed by atoms with Crippen molar-refractivity contribution in [3.8, 4) is 12.3 Å². The van der Waals surface area contributed by atoms with Crippen molar-refractivity contribution in [2.75, 3.05) is 37.9 Å². The Morgan fingerprint density at radius 2 is 1.96 bits per heavy atom. The van der Waals surface area contributed by atoms with E-state index in [9.17, 15) is 19.5 Å². The quantitative estimate of drug-likeness (QED) is 0.265. The fourth-order valence-corrected chi connectivity index (χ4v) is 1.75. The molecule has 0 bridgehead atoms. The average Bonchev–Trinajstić information content (AvgIpc) is 2.57. The van der Waals surface area contributed by atoms with E-state index in [4.69, 9.17) is 6.42 Å². The van der Waals surface area contributed by atoms with Crippen molar-refractivity contribution in [1.29, 1.82) is 0 Å². The van der Waals surface area contributed by atoms with E-state index < -0.39 is 17.5 Å². The largest absolute Gasteiger partial charge is 0.390 e. The van der Waals surface area contributed by atoms with Gasteiger partial charge < -0.3 is 20.6 Å². The normalized spacial score (nSPS) is 11.3. The van der Waals surface area contributed by atoms with Crippen LogP contribution in [0.15, 0.2) is 45.7 Å². The molecule has 7 nitrogen and oxygen atoms in total. The number of terminal acetylenes is 1. The standard InChI is InChI=1S/C17H19N3O4/c1-5-9-18-13-14(16(23)15(13)22)19-12(10-21)8-6-7-11(2)17(24)20(3)4/h1,6-8,18-19,21H,2,9-10H2,3-4H3/b7-6-,12-8+. The Hall–Kier alpha value is -3.11. The van der Waals surface area contributed by atoms with Crippen LogP contribution >= 0.6 is 0 Å². The van der Waals surface area contributed by atoms with Gasteiger partial charge in [-0.05, 0) is 12.2 Å². The van der Waals surface area contributed by atoms with E-state index in [-0.39, 0.29) is 35.1 Å². The predicted molar refractivity (Wildman–Crippen MR) is 94.4 cm³/mol. The third-order valence-electron chi connectivity index (χ3n) is 3.01. The molecule has 0 saturated carbocycles. The van der Waals surface area contributed by atoms with E-state index >= 15 is 0 Å². The molecule has 0 aliphatic carbocycles. The second-order valence-corrected chi connectivity index (χ2v) is 5.02. The molecule has 0 unspecified atom stereocenters. The Morgan fingerprint density at radius 1 is 1.33 bits per heavy atom. The molecule has 1 rings (SSSR count). The summed E-state index contributed by atoms with van der Waals surface area (Å²) >= 11 is 0. The van der Waals surface area contributed by atoms with E-state index in [0.717, 1.165) is 0 Å². The van der Waals surface area contributed by atoms with Crippen molar-refractivity contribution in [3.63, 3.8) is 0 Å². The van der Waals surface area contributed by atoms with Gasteiger partial charge >= 0.3 is 0 Å². The molecule has 0 fully saturated rings. The highest BCUT2D eigenvalue weighted by molar-refractivity contribution is 5.95. The first-order valence-corrected chi connectivity index (χ1v) is 6.99. The number of aliphatic hydroxyl groups excluding tert-OH is 1. The van der Waals surface area contributed by atoms with E-state index in [0.29, 0.717) is 0 Å². The number of nitrogens with one attached hydrogen (secondary N) is 2. The maximum absolute atomic E-state index is 11.6. The molecule has 0 radical (unpaired) electrons. The molecule has 7 heteroatoms. The third-order valence-corrected chi connectivity index (χ3v) is 3.01. The summed E-state index contributed by atoms with van der Waals surface area (Å²) in [5.41, 5.74) is -0.678. The van der Waals surface area contributed by atoms with E-state index in [1.165, 1.54) is 23.1 Å². The third kappa shape index (κ3) is 4.44. The SMILES string of the molecule is C#CCNc1c(N/C(=C/C=C\C(=C)C(=O)N(C)C)CO)c(=O)c1=O. The number of anilines is 2. The molecule has 0 aliphatic rings. The monoisotopic (exact) mass is 329 g/mol. The number of hydrogen-bond donors (Lipinski definition) is 3. The fourth-order valence-electron chi connectivity index (χ4n) is 1.75. The van der Waals surface area contributed by atoms with Gasteiger partial charge in [0.05, 0.1) is 13.2 Å². The number of hydrogen-bond acceptors (Lipinski definition) is 6. The minimum atomic E-state index is -0.690. The topological polar surface area (TPSA) is 98.7 Å². The first kappa shape index (κ1) is 18.9. The van der Waals surface area contributed by atoms with Gasteiger partial charge in [-0.3, -0.25) is 14.4 Å². The molecular formula is C17H19N3O4. The molecule has 24 heavy (non-hydrogen) atoms. The molecule has 0 spiro atoms. The van der Waals surface area contributed by atoms with E-state index in [1.807, 2.05) is 0 Å². The molecule has 0 aliphatic heterocycles. The van der Waals surface area contributed by atoms with Crippen LogP contribution in [0.1, 0.15) is 0 Å². The van der Waals surface area contributed by atoms with Gasteiger partial charge in [0.15, 0.2) is 0 Å². The van der Waals surface area contributed by atoms with Crippen LogP contribution in [0.5, 0.6) is 0 Å². The average molecular weight is 329 g/mol. The summed E-state index contributed by atoms with van der Waals surface area (Å²) in [6.45, 7) is 3.33. The van der Waals surface area contributed by atoms with Gasteiger partial charge in [0.2, 0.25) is 0 Å². The minimum Gasteiger partial charge on any atom is -0.390 e. The Kier molecular flexibility index (Phi) is 6.71. The zero-order valence-corrected chi connectivity index (χ0v) is 13.5. The lowest BCUT2D eigenvalue weighted by Crippen LogP contribution is -2.37. The number of amides is 1. The van der Waals surface area contributed by atoms with Gasteiger partial charge in [0.1, 0.15) is 11.4 Å². The number of nitrogens with zero attached hydrogens (tertiary/aromatic N) is 1. The second-order valence-electron chi connectivity index (χ2n) is 5.02. The van der Waals surface area contributed by atoms with Gasteiger partial charge in [-0.2, -0.15) is 0 Å². The fraction of sp³-hybridized carbons (Fsp3) is 0.235. The highest BCUT2D eigenvalue weighted by Crippen LogP contribution is 2.16. The van der Waals surface area contributed by atoms with Crippen molar-refractivity contribution < 1.29 is 9.90 Å². The van der Waals surface area contributed by atoms with Gasteiger partial charge in [0, 0.05) is 25.4 Å². The summed E-state index contributed by atoms with van der Waals surface area (Å²) < 4.78 is 0. The maximum Gasteiger partial charge on any atom is 0.253 e. The van der Waals surface area contributed by atoms with Crippen LogP contribution in [0, 0.1) is 12.3 Å². The zero-order chi connectivity index (χ0) is 18.3. The van der Waals surface area contributed by atoms with Crippen molar-refractivity contribution in [3.05, 3.63) is 56.5 Å². The first-order valence-electron chi connectivity index (χ1n) is 6.99. The molecule has 0 saturated heterocycles. The molecule has 0 heterocycles. The molecule has 0 atom stereocenters. The predicted octanol–water partition coefficient (Wildman–Crippen LogP) is -0.184. The Labute approximate surface area is 139 Å². The number of likely N-dealkylation sites (N-methyl/N-ethyl adjacent to an activating group) is 1. The molecular weight excluding hydrogens is 310 g/mol. The summed E-state index contributed by atoms with van der Waals surface area (Å²) in [7, 11) is 3.21. The lowest BCUT2D eigenvalue weighted by Gasteiger charge is -2.14. The molecule has 3 N–H and O–H groups in total. The van der Waals surface area contributed by atoms with Crippen LogP contribution < -0.4 is 21.5 Å². The number of carbonyl (C=O) groups is 1. The number of rotatable bonds is 8. The number of aliphatic hydroxyl groups is 1. The zero-order valence-electron chi connectivity index (χ0n) is 13.5. The lowest BCUT2D eigenvalue weighted by molar-refractivity contribution is -0.124. The Balaban J connectivity index is 2.86. The smallest absolute Gasteiger partial charge is 0.253 e.